The Morgan fingerprint density at radius 3 is 0.702 bits per heavy atom. The number of hydrogen-bond donors (Lipinski definition) is 0. The largest absolute Gasteiger partial charge is 0.102 e. The van der Waals surface area contributed by atoms with Gasteiger partial charge >= 0.3 is 27.9 Å². The maximum Gasteiger partial charge on any atom is 0.102 e. The van der Waals surface area contributed by atoms with Crippen molar-refractivity contribution in [1.29, 1.82) is 0 Å². The minimum atomic E-state index is -0.877. The summed E-state index contributed by atoms with van der Waals surface area (Å²) in [5.41, 5.74) is 1.20. The summed E-state index contributed by atoms with van der Waals surface area (Å²) in [6.45, 7) is 2.03. The topological polar surface area (TPSA) is 0 Å². The summed E-state index contributed by atoms with van der Waals surface area (Å²) < 4.78 is 0. The zero-order valence-electron chi connectivity index (χ0n) is 26.3. The Bertz CT molecular complexity index is 1470. The van der Waals surface area contributed by atoms with E-state index in [0.29, 0.717) is 0 Å². The molecule has 0 atom stereocenters. The summed E-state index contributed by atoms with van der Waals surface area (Å²) in [5.74, 6) is 0. The van der Waals surface area contributed by atoms with Gasteiger partial charge in [-0.2, -0.15) is 35.9 Å². The Balaban J connectivity index is 0.000000170. The maximum atomic E-state index is 3.69. The van der Waals surface area contributed by atoms with Crippen molar-refractivity contribution in [2.24, 2.45) is 0 Å². The van der Waals surface area contributed by atoms with Crippen LogP contribution in [-0.4, -0.2) is 0 Å². The number of benzene rings is 7. The predicted molar refractivity (Wildman–Crippen MR) is 212 cm³/mol. The maximum absolute atomic E-state index is 3.69. The molecule has 0 radical (unpaired) electrons. The van der Waals surface area contributed by atoms with E-state index in [1.54, 1.807) is 0 Å². The van der Waals surface area contributed by atoms with Crippen LogP contribution in [0.15, 0.2) is 206 Å². The van der Waals surface area contributed by atoms with Crippen LogP contribution in [-0.2, 0) is 13.7 Å². The number of rotatable bonds is 6. The van der Waals surface area contributed by atoms with Crippen LogP contribution in [0, 0.1) is 13.0 Å². The fraction of sp³-hybridized carbons (Fsp3) is 0.0233. The predicted octanol–water partition coefficient (Wildman–Crippen LogP) is 8.99. The molecular weight excluding hydrogens is 717 g/mol. The van der Waals surface area contributed by atoms with E-state index in [1.807, 2.05) is 31.2 Å². The van der Waals surface area contributed by atoms with Crippen LogP contribution in [0.1, 0.15) is 5.56 Å². The molecule has 0 heterocycles. The molecule has 4 heteroatoms. The molecule has 0 aliphatic rings. The normalized spacial score (nSPS) is 10.0. The molecule has 7 aromatic rings. The molecule has 0 saturated heterocycles. The van der Waals surface area contributed by atoms with Crippen LogP contribution in [0.2, 0.25) is 0 Å². The third-order valence-corrected chi connectivity index (χ3v) is 12.7. The van der Waals surface area contributed by atoms with E-state index in [0.717, 1.165) is 0 Å². The first-order valence-electron chi connectivity index (χ1n) is 15.4. The fourth-order valence-corrected chi connectivity index (χ4v) is 10.3. The molecule has 0 aliphatic carbocycles. The van der Waals surface area contributed by atoms with Crippen LogP contribution in [0.4, 0.5) is 0 Å². The van der Waals surface area contributed by atoms with E-state index >= 15 is 0 Å². The number of hydrogen-bond acceptors (Lipinski definition) is 0. The molecule has 47 heavy (non-hydrogen) atoms. The van der Waals surface area contributed by atoms with Gasteiger partial charge in [0.25, 0.3) is 0 Å². The molecule has 0 aromatic heterocycles. The van der Waals surface area contributed by atoms with Crippen LogP contribution >= 0.6 is 30.1 Å². The van der Waals surface area contributed by atoms with Gasteiger partial charge in [0.05, 0.1) is 15.8 Å². The van der Waals surface area contributed by atoms with Gasteiger partial charge in [0, 0.05) is 0 Å². The number of aryl methyl sites for hydroxylation is 1. The van der Waals surface area contributed by atoms with Crippen molar-refractivity contribution in [3.63, 3.8) is 0 Å². The van der Waals surface area contributed by atoms with Gasteiger partial charge in [0.2, 0.25) is 0 Å². The third-order valence-electron chi connectivity index (χ3n) is 7.24. The van der Waals surface area contributed by atoms with E-state index in [-0.39, 0.29) is 0 Å². The molecule has 0 bridgehead atoms. The molecule has 0 aliphatic heterocycles. The summed E-state index contributed by atoms with van der Waals surface area (Å²) >= 11 is 6.25. The minimum absolute atomic E-state index is 0.877. The molecule has 0 fully saturated rings. The van der Waals surface area contributed by atoms with Crippen molar-refractivity contribution in [3.05, 3.63) is 218 Å². The van der Waals surface area contributed by atoms with Gasteiger partial charge in [0.15, 0.2) is 0 Å². The van der Waals surface area contributed by atoms with Gasteiger partial charge in [-0.05, 0) is 72.8 Å². The van der Waals surface area contributed by atoms with Crippen molar-refractivity contribution < 1.29 is 13.7 Å². The van der Waals surface area contributed by atoms with Gasteiger partial charge in [-0.3, -0.25) is 0 Å². The monoisotopic (exact) mass is 754 g/mol. The molecule has 7 aromatic carbocycles. The van der Waals surface area contributed by atoms with E-state index in [1.165, 1.54) is 37.4 Å². The second-order valence-electron chi connectivity index (χ2n) is 10.5. The van der Waals surface area contributed by atoms with Crippen LogP contribution < -0.4 is 31.8 Å². The Kier molecular flexibility index (Phi) is 16.4. The Morgan fingerprint density at radius 2 is 0.553 bits per heavy atom. The van der Waals surface area contributed by atoms with E-state index in [2.05, 4.69) is 216 Å². The molecule has 0 nitrogen and oxygen atoms in total. The molecule has 0 spiro atoms. The molecule has 237 valence electrons. The molecule has 7 rings (SSSR count). The Labute approximate surface area is 298 Å². The molecule has 0 amide bonds. The van der Waals surface area contributed by atoms with Crippen LogP contribution in [0.25, 0.3) is 0 Å². The SMILES string of the molecule is Cc1[c-]cccc1.[Ni][Br].c1ccc([PH+](c2ccccc2)c2ccccc2)cc1.c1ccc([PH+](c2ccccc2)c2ccccc2)cc1. The van der Waals surface area contributed by atoms with Crippen LogP contribution in [0.5, 0.6) is 0 Å². The number of halogens is 1. The quantitative estimate of drug-likeness (QED) is 0.0904. The molecular formula is C43H39BrNiP2+. The Morgan fingerprint density at radius 1 is 0.340 bits per heavy atom. The first-order chi connectivity index (χ1) is 23.3. The summed E-state index contributed by atoms with van der Waals surface area (Å²) in [4.78, 5) is 0. The first kappa shape index (κ1) is 36.2. The second-order valence-corrected chi connectivity index (χ2v) is 15.5. The van der Waals surface area contributed by atoms with E-state index in [9.17, 15) is 0 Å². The summed E-state index contributed by atoms with van der Waals surface area (Å²) in [5, 5.41) is 8.61. The average molecular weight is 756 g/mol. The zero-order chi connectivity index (χ0) is 32.9. The van der Waals surface area contributed by atoms with Crippen molar-refractivity contribution in [2.45, 2.75) is 6.92 Å². The summed E-state index contributed by atoms with van der Waals surface area (Å²) in [6, 6.07) is 75.9. The van der Waals surface area contributed by atoms with Crippen molar-refractivity contribution in [1.82, 2.24) is 0 Å². The fourth-order valence-electron chi connectivity index (χ4n) is 5.11. The molecule has 0 N–H and O–H groups in total. The minimum Gasteiger partial charge on any atom is -0.0620 e. The summed E-state index contributed by atoms with van der Waals surface area (Å²) in [6.07, 6.45) is 0. The summed E-state index contributed by atoms with van der Waals surface area (Å²) in [7, 11) is -1.75. The van der Waals surface area contributed by atoms with Crippen molar-refractivity contribution in [2.75, 3.05) is 0 Å². The van der Waals surface area contributed by atoms with E-state index < -0.39 is 15.8 Å². The van der Waals surface area contributed by atoms with Gasteiger partial charge in [-0.1, -0.05) is 116 Å². The molecule has 0 unspecified atom stereocenters. The molecule has 0 saturated carbocycles. The first-order valence-corrected chi connectivity index (χ1v) is 20.9. The standard InChI is InChI=1S/2C18H15P.C7H7.BrH.Ni/c2*1-4-10-16(11-5-1)19(17-12-6-2-7-13-17)18-14-8-3-9-15-18;1-7-5-3-2-4-6-7;;/h2*1-15H;2-5H,1H3;1H;/q;;-1;;+1/p+1. The van der Waals surface area contributed by atoms with Gasteiger partial charge in [-0.25, -0.2) is 0 Å². The van der Waals surface area contributed by atoms with Crippen molar-refractivity contribution in [3.8, 4) is 0 Å². The van der Waals surface area contributed by atoms with Gasteiger partial charge in [0.1, 0.15) is 31.8 Å². The van der Waals surface area contributed by atoms with E-state index in [4.69, 9.17) is 0 Å². The smallest absolute Gasteiger partial charge is 0.0620 e. The average Bonchev–Trinajstić information content (AvgIpc) is 3.16. The third kappa shape index (κ3) is 11.8. The second kappa shape index (κ2) is 21.3. The van der Waals surface area contributed by atoms with Gasteiger partial charge < -0.3 is 0 Å². The van der Waals surface area contributed by atoms with Crippen molar-refractivity contribution >= 4 is 61.9 Å². The Hall–Kier alpha value is -3.63. The van der Waals surface area contributed by atoms with Crippen LogP contribution in [0.3, 0.4) is 0 Å². The zero-order valence-corrected chi connectivity index (χ0v) is 30.9. The van der Waals surface area contributed by atoms with Gasteiger partial charge in [-0.15, -0.1) is 0 Å².